The van der Waals surface area contributed by atoms with Crippen molar-refractivity contribution in [2.75, 3.05) is 0 Å². The number of halogens is 4. The molecule has 1 nitrogen and oxygen atoms in total. The number of benzene rings is 1. The lowest BCUT2D eigenvalue weighted by Crippen LogP contribution is -2.19. The van der Waals surface area contributed by atoms with Crippen LogP contribution in [0.2, 0.25) is 0 Å². The fourth-order valence-corrected chi connectivity index (χ4v) is 1.77. The van der Waals surface area contributed by atoms with E-state index >= 15 is 0 Å². The van der Waals surface area contributed by atoms with E-state index in [-0.39, 0.29) is 11.7 Å². The van der Waals surface area contributed by atoms with Crippen molar-refractivity contribution in [1.82, 2.24) is 0 Å². The maximum atomic E-state index is 12.1. The molecule has 0 aromatic heterocycles. The van der Waals surface area contributed by atoms with E-state index in [9.17, 15) is 13.2 Å². The average molecular weight is 329 g/mol. The Balaban J connectivity index is 3.14. The maximum Gasteiger partial charge on any atom is 0.573 e. The minimum Gasteiger partial charge on any atom is -0.404 e. The summed E-state index contributed by atoms with van der Waals surface area (Å²) in [5.41, 5.74) is 0.458. The first-order valence-corrected chi connectivity index (χ1v) is 5.26. The van der Waals surface area contributed by atoms with Gasteiger partial charge in [0.25, 0.3) is 0 Å². The molecule has 5 heteroatoms. The summed E-state index contributed by atoms with van der Waals surface area (Å²) < 4.78 is 40.8. The number of para-hydroxylation sites is 1. The Hall–Kier alpha value is -0.460. The van der Waals surface area contributed by atoms with E-state index in [1.165, 1.54) is 0 Å². The molecular formula is C10H9F3IO. The highest BCUT2D eigenvalue weighted by Gasteiger charge is 2.33. The van der Waals surface area contributed by atoms with E-state index in [1.807, 2.05) is 0 Å². The van der Waals surface area contributed by atoms with Gasteiger partial charge in [-0.25, -0.2) is 0 Å². The third-order valence-electron chi connectivity index (χ3n) is 1.75. The lowest BCUT2D eigenvalue weighted by Gasteiger charge is -2.16. The van der Waals surface area contributed by atoms with Gasteiger partial charge in [0.2, 0.25) is 0 Å². The average Bonchev–Trinajstić information content (AvgIpc) is 2.05. The number of hydrogen-bond acceptors (Lipinski definition) is 1. The molecule has 0 aliphatic heterocycles. The van der Waals surface area contributed by atoms with E-state index in [1.54, 1.807) is 47.7 Å². The molecule has 0 heterocycles. The van der Waals surface area contributed by atoms with Crippen LogP contribution in [-0.4, -0.2) is 6.36 Å². The van der Waals surface area contributed by atoms with Crippen molar-refractivity contribution in [2.45, 2.75) is 19.2 Å². The van der Waals surface area contributed by atoms with Crippen LogP contribution in [0.15, 0.2) is 18.2 Å². The van der Waals surface area contributed by atoms with Gasteiger partial charge >= 0.3 is 6.36 Å². The molecule has 1 radical (unpaired) electrons. The van der Waals surface area contributed by atoms with Crippen LogP contribution < -0.4 is 4.74 Å². The third-order valence-corrected chi connectivity index (χ3v) is 2.60. The second-order valence-corrected chi connectivity index (χ2v) is 4.27. The predicted octanol–water partition coefficient (Wildman–Crippen LogP) is 4.13. The molecular weight excluding hydrogens is 320 g/mol. The Morgan fingerprint density at radius 2 is 2.00 bits per heavy atom. The lowest BCUT2D eigenvalue weighted by molar-refractivity contribution is -0.275. The minimum absolute atomic E-state index is 0.145. The molecule has 83 valence electrons. The molecule has 0 aliphatic carbocycles. The van der Waals surface area contributed by atoms with Gasteiger partial charge < -0.3 is 4.74 Å². The summed E-state index contributed by atoms with van der Waals surface area (Å²) >= 11 is 1.81. The van der Waals surface area contributed by atoms with Crippen LogP contribution in [0.4, 0.5) is 13.2 Å². The van der Waals surface area contributed by atoms with Gasteiger partial charge in [-0.2, -0.15) is 0 Å². The van der Waals surface area contributed by atoms with Gasteiger partial charge in [-0.1, -0.05) is 19.1 Å². The number of alkyl halides is 3. The van der Waals surface area contributed by atoms with Crippen molar-refractivity contribution in [2.24, 2.45) is 0 Å². The smallest absolute Gasteiger partial charge is 0.404 e. The highest BCUT2D eigenvalue weighted by molar-refractivity contribution is 14.1. The number of rotatable bonds is 2. The zero-order chi connectivity index (χ0) is 11.6. The van der Waals surface area contributed by atoms with Crippen molar-refractivity contribution in [1.29, 1.82) is 0 Å². The summed E-state index contributed by atoms with van der Waals surface area (Å²) in [5, 5.41) is 0. The SMILES string of the molecule is [CH2]C(C)c1cccc(I)c1OC(F)(F)F. The largest absolute Gasteiger partial charge is 0.573 e. The summed E-state index contributed by atoms with van der Waals surface area (Å²) in [6.07, 6.45) is -4.66. The Morgan fingerprint density at radius 3 is 2.47 bits per heavy atom. The summed E-state index contributed by atoms with van der Waals surface area (Å²) in [6, 6.07) is 4.83. The van der Waals surface area contributed by atoms with E-state index in [4.69, 9.17) is 0 Å². The van der Waals surface area contributed by atoms with Crippen molar-refractivity contribution in [3.63, 3.8) is 0 Å². The molecule has 1 aromatic carbocycles. The van der Waals surface area contributed by atoms with Crippen LogP contribution in [0, 0.1) is 10.5 Å². The summed E-state index contributed by atoms with van der Waals surface area (Å²) in [7, 11) is 0. The van der Waals surface area contributed by atoms with Crippen LogP contribution in [0.5, 0.6) is 5.75 Å². The van der Waals surface area contributed by atoms with E-state index in [0.717, 1.165) is 0 Å². The molecule has 0 spiro atoms. The Labute approximate surface area is 99.8 Å². The van der Waals surface area contributed by atoms with Crippen molar-refractivity contribution in [3.05, 3.63) is 34.3 Å². The van der Waals surface area contributed by atoms with Crippen molar-refractivity contribution < 1.29 is 17.9 Å². The first-order valence-electron chi connectivity index (χ1n) is 4.18. The van der Waals surface area contributed by atoms with Crippen molar-refractivity contribution in [3.8, 4) is 5.75 Å². The number of hydrogen-bond donors (Lipinski definition) is 0. The van der Waals surface area contributed by atoms with Gasteiger partial charge in [-0.05, 0) is 47.1 Å². The molecule has 0 bridgehead atoms. The molecule has 1 rings (SSSR count). The second-order valence-electron chi connectivity index (χ2n) is 3.11. The fourth-order valence-electron chi connectivity index (χ4n) is 1.14. The number of ether oxygens (including phenoxy) is 1. The molecule has 15 heavy (non-hydrogen) atoms. The van der Waals surface area contributed by atoms with Gasteiger partial charge in [-0.3, -0.25) is 0 Å². The van der Waals surface area contributed by atoms with Gasteiger partial charge in [0.15, 0.2) is 0 Å². The topological polar surface area (TPSA) is 9.23 Å². The summed E-state index contributed by atoms with van der Waals surface area (Å²) in [6.45, 7) is 5.41. The molecule has 0 aliphatic rings. The zero-order valence-electron chi connectivity index (χ0n) is 7.94. The Bertz CT molecular complexity index is 347. The maximum absolute atomic E-state index is 12.1. The van der Waals surface area contributed by atoms with E-state index in [2.05, 4.69) is 11.7 Å². The normalized spacial score (nSPS) is 11.9. The van der Waals surface area contributed by atoms with Crippen LogP contribution in [0.3, 0.4) is 0 Å². The highest BCUT2D eigenvalue weighted by atomic mass is 127. The molecule has 0 saturated carbocycles. The van der Waals surface area contributed by atoms with Crippen LogP contribution in [0.1, 0.15) is 18.4 Å². The Morgan fingerprint density at radius 1 is 1.40 bits per heavy atom. The van der Waals surface area contributed by atoms with Gasteiger partial charge in [0.1, 0.15) is 5.75 Å². The molecule has 0 saturated heterocycles. The molecule has 1 unspecified atom stereocenters. The second kappa shape index (κ2) is 4.59. The summed E-state index contributed by atoms with van der Waals surface area (Å²) in [4.78, 5) is 0. The Kier molecular flexibility index (Phi) is 3.86. The predicted molar refractivity (Wildman–Crippen MR) is 59.6 cm³/mol. The highest BCUT2D eigenvalue weighted by Crippen LogP contribution is 2.34. The zero-order valence-corrected chi connectivity index (χ0v) is 10.1. The van der Waals surface area contributed by atoms with E-state index in [0.29, 0.717) is 9.13 Å². The quantitative estimate of drug-likeness (QED) is 0.742. The fraction of sp³-hybridized carbons (Fsp3) is 0.300. The lowest BCUT2D eigenvalue weighted by atomic mass is 10.0. The molecule has 0 amide bonds. The van der Waals surface area contributed by atoms with Crippen LogP contribution >= 0.6 is 22.6 Å². The molecule has 1 atom stereocenters. The standard InChI is InChI=1S/C10H9F3IO/c1-6(2)7-4-3-5-8(14)9(7)15-10(11,12)13/h3-6H,1H2,2H3. The van der Waals surface area contributed by atoms with E-state index < -0.39 is 6.36 Å². The third kappa shape index (κ3) is 3.55. The summed E-state index contributed by atoms with van der Waals surface area (Å²) in [5.74, 6) is -0.398. The molecule has 0 fully saturated rings. The molecule has 0 N–H and O–H groups in total. The minimum atomic E-state index is -4.66. The van der Waals surface area contributed by atoms with Crippen molar-refractivity contribution >= 4 is 22.6 Å². The van der Waals surface area contributed by atoms with Gasteiger partial charge in [0.05, 0.1) is 3.57 Å². The first-order chi connectivity index (χ1) is 6.81. The van der Waals surface area contributed by atoms with Gasteiger partial charge in [-0.15, -0.1) is 13.2 Å². The van der Waals surface area contributed by atoms with Crippen LogP contribution in [-0.2, 0) is 0 Å². The van der Waals surface area contributed by atoms with Crippen LogP contribution in [0.25, 0.3) is 0 Å². The molecule has 1 aromatic rings. The van der Waals surface area contributed by atoms with Gasteiger partial charge in [0, 0.05) is 0 Å². The first kappa shape index (κ1) is 12.6. The monoisotopic (exact) mass is 329 g/mol.